The van der Waals surface area contributed by atoms with Gasteiger partial charge in [0.2, 0.25) is 10.0 Å². The molecular weight excluding hydrogens is 326 g/mol. The van der Waals surface area contributed by atoms with Crippen LogP contribution >= 0.6 is 0 Å². The Labute approximate surface area is 141 Å². The van der Waals surface area contributed by atoms with E-state index < -0.39 is 14.8 Å². The molecule has 1 aromatic heterocycles. The van der Waals surface area contributed by atoms with E-state index in [4.69, 9.17) is 0 Å². The van der Waals surface area contributed by atoms with Gasteiger partial charge in [-0.1, -0.05) is 19.1 Å². The highest BCUT2D eigenvalue weighted by Crippen LogP contribution is 2.51. The molecule has 0 amide bonds. The predicted octanol–water partition coefficient (Wildman–Crippen LogP) is 2.09. The standard InChI is InChI=1S/C17H23N3O3S/c1-12-11-17(12,2)24(22,23)19-9-7-13(8-10-19)20-15-6-4-3-5-14(15)18-16(20)21/h3-6,12-13H,7-11H2,1-2H3,(H,18,21)/t12-,17-/m1/s1. The van der Waals surface area contributed by atoms with Gasteiger partial charge in [0, 0.05) is 19.1 Å². The maximum absolute atomic E-state index is 12.8. The molecule has 2 atom stereocenters. The molecule has 2 fully saturated rings. The lowest BCUT2D eigenvalue weighted by molar-refractivity contribution is 0.271. The highest BCUT2D eigenvalue weighted by molar-refractivity contribution is 7.90. The van der Waals surface area contributed by atoms with Crippen LogP contribution in [-0.4, -0.2) is 40.1 Å². The number of rotatable bonds is 3. The van der Waals surface area contributed by atoms with E-state index in [-0.39, 0.29) is 17.6 Å². The number of piperidine rings is 1. The van der Waals surface area contributed by atoms with Crippen molar-refractivity contribution in [2.75, 3.05) is 13.1 Å². The van der Waals surface area contributed by atoms with Gasteiger partial charge in [0.1, 0.15) is 0 Å². The summed E-state index contributed by atoms with van der Waals surface area (Å²) in [6.45, 7) is 4.82. The maximum atomic E-state index is 12.8. The molecule has 1 aliphatic heterocycles. The van der Waals surface area contributed by atoms with Crippen molar-refractivity contribution in [1.82, 2.24) is 13.9 Å². The van der Waals surface area contributed by atoms with E-state index in [2.05, 4.69) is 4.98 Å². The molecule has 1 saturated heterocycles. The first-order valence-corrected chi connectivity index (χ1v) is 9.97. The number of aromatic nitrogens is 2. The van der Waals surface area contributed by atoms with Crippen LogP contribution in [-0.2, 0) is 10.0 Å². The molecule has 1 N–H and O–H groups in total. The van der Waals surface area contributed by atoms with E-state index in [1.165, 1.54) is 0 Å². The van der Waals surface area contributed by atoms with Crippen molar-refractivity contribution in [2.45, 2.75) is 43.9 Å². The average Bonchev–Trinajstić information content (AvgIpc) is 3.04. The Morgan fingerprint density at radius 2 is 1.83 bits per heavy atom. The van der Waals surface area contributed by atoms with Crippen molar-refractivity contribution < 1.29 is 8.42 Å². The van der Waals surface area contributed by atoms with Gasteiger partial charge in [-0.3, -0.25) is 4.57 Å². The molecule has 1 saturated carbocycles. The quantitative estimate of drug-likeness (QED) is 0.922. The third kappa shape index (κ3) is 2.18. The second-order valence-electron chi connectivity index (χ2n) is 7.37. The van der Waals surface area contributed by atoms with Crippen molar-refractivity contribution in [1.29, 1.82) is 0 Å². The Bertz CT molecular complexity index is 937. The summed E-state index contributed by atoms with van der Waals surface area (Å²) in [5.41, 5.74) is 1.61. The summed E-state index contributed by atoms with van der Waals surface area (Å²) in [7, 11) is -3.24. The number of H-pyrrole nitrogens is 1. The lowest BCUT2D eigenvalue weighted by Crippen LogP contribution is -2.45. The smallest absolute Gasteiger partial charge is 0.306 e. The SMILES string of the molecule is C[C@@H]1C[C@@]1(C)S(=O)(=O)N1CCC(n2c(=O)[nH]c3ccccc32)CC1. The lowest BCUT2D eigenvalue weighted by Gasteiger charge is -2.33. The molecule has 2 aromatic rings. The van der Waals surface area contributed by atoms with E-state index >= 15 is 0 Å². The van der Waals surface area contributed by atoms with Gasteiger partial charge in [0.05, 0.1) is 15.8 Å². The molecule has 24 heavy (non-hydrogen) atoms. The van der Waals surface area contributed by atoms with Gasteiger partial charge in [-0.2, -0.15) is 0 Å². The van der Waals surface area contributed by atoms with Gasteiger partial charge >= 0.3 is 5.69 Å². The highest BCUT2D eigenvalue weighted by Gasteiger charge is 2.59. The fraction of sp³-hybridized carbons (Fsp3) is 0.588. The summed E-state index contributed by atoms with van der Waals surface area (Å²) in [5.74, 6) is 0.233. The summed E-state index contributed by atoms with van der Waals surface area (Å²) in [4.78, 5) is 15.2. The Hall–Kier alpha value is -1.60. The summed E-state index contributed by atoms with van der Waals surface area (Å²) >= 11 is 0. The van der Waals surface area contributed by atoms with Crippen molar-refractivity contribution in [3.63, 3.8) is 0 Å². The van der Waals surface area contributed by atoms with Crippen molar-refractivity contribution in [2.24, 2.45) is 5.92 Å². The zero-order chi connectivity index (χ0) is 17.1. The molecule has 2 heterocycles. The molecule has 0 bridgehead atoms. The van der Waals surface area contributed by atoms with Crippen LogP contribution in [0.1, 0.15) is 39.2 Å². The zero-order valence-corrected chi connectivity index (χ0v) is 14.8. The van der Waals surface area contributed by atoms with E-state index in [0.29, 0.717) is 25.9 Å². The molecular formula is C17H23N3O3S. The first-order valence-electron chi connectivity index (χ1n) is 8.53. The molecule has 1 aliphatic carbocycles. The van der Waals surface area contributed by atoms with E-state index in [1.807, 2.05) is 38.1 Å². The van der Waals surface area contributed by atoms with Crippen LogP contribution in [0.3, 0.4) is 0 Å². The van der Waals surface area contributed by atoms with Crippen LogP contribution in [0.25, 0.3) is 11.0 Å². The molecule has 0 radical (unpaired) electrons. The summed E-state index contributed by atoms with van der Waals surface area (Å²) < 4.78 is 28.4. The van der Waals surface area contributed by atoms with Crippen molar-refractivity contribution in [3.8, 4) is 0 Å². The number of hydrogen-bond donors (Lipinski definition) is 1. The first kappa shape index (κ1) is 15.9. The van der Waals surface area contributed by atoms with Crippen LogP contribution in [0.5, 0.6) is 0 Å². The van der Waals surface area contributed by atoms with Gasteiger partial charge in [-0.25, -0.2) is 17.5 Å². The molecule has 6 nitrogen and oxygen atoms in total. The van der Waals surface area contributed by atoms with Crippen LogP contribution in [0.15, 0.2) is 29.1 Å². The normalized spacial score (nSPS) is 29.2. The Morgan fingerprint density at radius 3 is 2.46 bits per heavy atom. The van der Waals surface area contributed by atoms with Crippen LogP contribution in [0.2, 0.25) is 0 Å². The average molecular weight is 349 g/mol. The van der Waals surface area contributed by atoms with Crippen LogP contribution in [0, 0.1) is 5.92 Å². The molecule has 1 aromatic carbocycles. The number of benzene rings is 1. The number of aromatic amines is 1. The Balaban J connectivity index is 1.56. The molecule has 130 valence electrons. The van der Waals surface area contributed by atoms with Gasteiger partial charge < -0.3 is 4.98 Å². The van der Waals surface area contributed by atoms with E-state index in [9.17, 15) is 13.2 Å². The highest BCUT2D eigenvalue weighted by atomic mass is 32.2. The minimum Gasteiger partial charge on any atom is -0.306 e. The van der Waals surface area contributed by atoms with Gasteiger partial charge in [-0.05, 0) is 44.2 Å². The van der Waals surface area contributed by atoms with Crippen molar-refractivity contribution in [3.05, 3.63) is 34.7 Å². The third-order valence-electron chi connectivity index (χ3n) is 5.94. The van der Waals surface area contributed by atoms with Gasteiger partial charge in [0.15, 0.2) is 0 Å². The number of fused-ring (bicyclic) bond motifs is 1. The largest absolute Gasteiger partial charge is 0.326 e. The number of nitrogens with one attached hydrogen (secondary N) is 1. The number of para-hydroxylation sites is 2. The topological polar surface area (TPSA) is 75.2 Å². The van der Waals surface area contributed by atoms with Crippen LogP contribution < -0.4 is 5.69 Å². The number of nitrogens with zero attached hydrogens (tertiary/aromatic N) is 2. The molecule has 4 rings (SSSR count). The number of sulfonamides is 1. The van der Waals surface area contributed by atoms with Crippen molar-refractivity contribution >= 4 is 21.1 Å². The summed E-state index contributed by atoms with van der Waals surface area (Å²) in [5, 5.41) is 0. The fourth-order valence-electron chi connectivity index (χ4n) is 3.98. The minimum absolute atomic E-state index is 0.0459. The van der Waals surface area contributed by atoms with Crippen LogP contribution in [0.4, 0.5) is 0 Å². The fourth-order valence-corrected chi connectivity index (χ4v) is 6.23. The minimum atomic E-state index is -3.24. The molecule has 2 aliphatic rings. The second kappa shape index (κ2) is 5.20. The van der Waals surface area contributed by atoms with E-state index in [1.54, 1.807) is 8.87 Å². The monoisotopic (exact) mass is 349 g/mol. The van der Waals surface area contributed by atoms with E-state index in [0.717, 1.165) is 17.5 Å². The first-order chi connectivity index (χ1) is 11.3. The molecule has 0 unspecified atom stereocenters. The predicted molar refractivity (Wildman–Crippen MR) is 93.5 cm³/mol. The third-order valence-corrected chi connectivity index (χ3v) is 8.73. The molecule has 7 heteroatoms. The number of hydrogen-bond acceptors (Lipinski definition) is 3. The number of imidazole rings is 1. The Kier molecular flexibility index (Phi) is 3.44. The van der Waals surface area contributed by atoms with Gasteiger partial charge in [-0.15, -0.1) is 0 Å². The lowest BCUT2D eigenvalue weighted by atomic mass is 10.1. The summed E-state index contributed by atoms with van der Waals surface area (Å²) in [6, 6.07) is 7.69. The Morgan fingerprint density at radius 1 is 1.21 bits per heavy atom. The zero-order valence-electron chi connectivity index (χ0n) is 14.0. The molecule has 0 spiro atoms. The summed E-state index contributed by atoms with van der Waals surface area (Å²) in [6.07, 6.45) is 2.09. The van der Waals surface area contributed by atoms with Gasteiger partial charge in [0.25, 0.3) is 0 Å². The maximum Gasteiger partial charge on any atom is 0.326 e. The second-order valence-corrected chi connectivity index (χ2v) is 9.77.